The molecule has 0 amide bonds. The number of carboxylic acids is 1. The molecule has 1 heterocycles. The fraction of sp³-hybridized carbons (Fsp3) is 0.526. The molecule has 1 aliphatic heterocycles. The van der Waals surface area contributed by atoms with Crippen LogP contribution in [0.4, 0.5) is 5.69 Å². The van der Waals surface area contributed by atoms with Crippen molar-refractivity contribution in [1.82, 2.24) is 0 Å². The SMILES string of the molecule is COC[C@]1(CCC(C)=C(C)C)Nc2ccc(C(=O)O)cc2C[C@H]1Cl. The largest absolute Gasteiger partial charge is 0.478 e. The Balaban J connectivity index is 2.30. The normalized spacial score (nSPS) is 22.5. The van der Waals surface area contributed by atoms with Gasteiger partial charge in [-0.15, -0.1) is 11.6 Å². The molecule has 0 aliphatic carbocycles. The first-order chi connectivity index (χ1) is 11.3. The summed E-state index contributed by atoms with van der Waals surface area (Å²) in [5.74, 6) is -0.920. The Hall–Kier alpha value is -1.52. The van der Waals surface area contributed by atoms with Gasteiger partial charge in [-0.3, -0.25) is 0 Å². The second kappa shape index (κ2) is 7.58. The molecule has 5 heteroatoms. The van der Waals surface area contributed by atoms with Crippen LogP contribution in [0.3, 0.4) is 0 Å². The summed E-state index contributed by atoms with van der Waals surface area (Å²) in [6.07, 6.45) is 2.44. The number of rotatable bonds is 6. The molecule has 132 valence electrons. The first kappa shape index (κ1) is 18.8. The minimum atomic E-state index is -0.920. The van der Waals surface area contributed by atoms with E-state index in [0.29, 0.717) is 18.6 Å². The minimum Gasteiger partial charge on any atom is -0.478 e. The van der Waals surface area contributed by atoms with Crippen LogP contribution in [0.15, 0.2) is 29.3 Å². The molecule has 0 radical (unpaired) electrons. The maximum Gasteiger partial charge on any atom is 0.335 e. The van der Waals surface area contributed by atoms with Gasteiger partial charge in [0.25, 0.3) is 0 Å². The van der Waals surface area contributed by atoms with Crippen molar-refractivity contribution in [1.29, 1.82) is 0 Å². The molecule has 2 N–H and O–H groups in total. The molecular weight excluding hydrogens is 326 g/mol. The lowest BCUT2D eigenvalue weighted by atomic mass is 9.81. The summed E-state index contributed by atoms with van der Waals surface area (Å²) in [6, 6.07) is 5.17. The monoisotopic (exact) mass is 351 g/mol. The molecule has 0 fully saturated rings. The molecule has 0 aromatic heterocycles. The molecule has 2 rings (SSSR count). The average Bonchev–Trinajstić information content (AvgIpc) is 2.53. The standard InChI is InChI=1S/C19H26ClNO3/c1-12(2)13(3)7-8-19(11-24-4)17(20)10-15-9-14(18(22)23)5-6-16(15)21-19/h5-6,9,17,21H,7-8,10-11H2,1-4H3,(H,22,23)/t17-,19+/m1/s1. The van der Waals surface area contributed by atoms with E-state index in [1.807, 2.05) is 6.07 Å². The van der Waals surface area contributed by atoms with Gasteiger partial charge in [0.05, 0.1) is 23.1 Å². The van der Waals surface area contributed by atoms with Crippen LogP contribution >= 0.6 is 11.6 Å². The number of carboxylic acid groups (broad SMARTS) is 1. The zero-order chi connectivity index (χ0) is 17.9. The summed E-state index contributed by atoms with van der Waals surface area (Å²) in [7, 11) is 1.68. The van der Waals surface area contributed by atoms with Gasteiger partial charge in [0.15, 0.2) is 0 Å². The van der Waals surface area contributed by atoms with E-state index in [1.165, 1.54) is 11.1 Å². The van der Waals surface area contributed by atoms with Crippen LogP contribution in [0, 0.1) is 0 Å². The fourth-order valence-electron chi connectivity index (χ4n) is 3.09. The molecular formula is C19H26ClNO3. The lowest BCUT2D eigenvalue weighted by Gasteiger charge is -2.43. The smallest absolute Gasteiger partial charge is 0.335 e. The molecule has 1 aromatic rings. The maximum atomic E-state index is 11.2. The lowest BCUT2D eigenvalue weighted by molar-refractivity contribution is 0.0696. The van der Waals surface area contributed by atoms with Crippen molar-refractivity contribution >= 4 is 23.3 Å². The summed E-state index contributed by atoms with van der Waals surface area (Å²) < 4.78 is 5.47. The van der Waals surface area contributed by atoms with E-state index in [0.717, 1.165) is 24.1 Å². The quantitative estimate of drug-likeness (QED) is 0.586. The van der Waals surface area contributed by atoms with Crippen molar-refractivity contribution in [2.45, 2.75) is 50.9 Å². The van der Waals surface area contributed by atoms with Gasteiger partial charge in [-0.1, -0.05) is 11.1 Å². The number of anilines is 1. The van der Waals surface area contributed by atoms with Gasteiger partial charge in [0.2, 0.25) is 0 Å². The van der Waals surface area contributed by atoms with Crippen LogP contribution in [0.2, 0.25) is 0 Å². The molecule has 1 aromatic carbocycles. The third-order valence-electron chi connectivity index (χ3n) is 4.94. The Morgan fingerprint density at radius 1 is 1.42 bits per heavy atom. The molecule has 1 aliphatic rings. The molecule has 0 unspecified atom stereocenters. The molecule has 2 atom stereocenters. The van der Waals surface area contributed by atoms with E-state index in [9.17, 15) is 4.79 Å². The molecule has 0 bridgehead atoms. The van der Waals surface area contributed by atoms with Crippen molar-refractivity contribution in [3.8, 4) is 0 Å². The Kier molecular flexibility index (Phi) is 5.94. The minimum absolute atomic E-state index is 0.168. The second-order valence-corrected chi connectivity index (χ2v) is 7.37. The van der Waals surface area contributed by atoms with Crippen LogP contribution in [0.1, 0.15) is 49.5 Å². The zero-order valence-corrected chi connectivity index (χ0v) is 15.5. The van der Waals surface area contributed by atoms with Crippen molar-refractivity contribution in [3.63, 3.8) is 0 Å². The van der Waals surface area contributed by atoms with E-state index in [2.05, 4.69) is 26.1 Å². The Morgan fingerprint density at radius 2 is 2.12 bits per heavy atom. The number of fused-ring (bicyclic) bond motifs is 1. The highest BCUT2D eigenvalue weighted by molar-refractivity contribution is 6.22. The fourth-order valence-corrected chi connectivity index (χ4v) is 3.48. The summed E-state index contributed by atoms with van der Waals surface area (Å²) in [5, 5.41) is 12.5. The van der Waals surface area contributed by atoms with Gasteiger partial charge in [0.1, 0.15) is 0 Å². The first-order valence-electron chi connectivity index (χ1n) is 8.19. The summed E-state index contributed by atoms with van der Waals surface area (Å²) in [4.78, 5) is 11.2. The number of ether oxygens (including phenoxy) is 1. The number of halogens is 1. The van der Waals surface area contributed by atoms with Gasteiger partial charge < -0.3 is 15.2 Å². The molecule has 0 saturated carbocycles. The number of hydrogen-bond acceptors (Lipinski definition) is 3. The third-order valence-corrected chi connectivity index (χ3v) is 5.51. The summed E-state index contributed by atoms with van der Waals surface area (Å²) in [5.41, 5.74) is 4.52. The highest BCUT2D eigenvalue weighted by Crippen LogP contribution is 2.38. The highest BCUT2D eigenvalue weighted by Gasteiger charge is 2.41. The number of benzene rings is 1. The molecule has 4 nitrogen and oxygen atoms in total. The Morgan fingerprint density at radius 3 is 2.71 bits per heavy atom. The summed E-state index contributed by atoms with van der Waals surface area (Å²) in [6.45, 7) is 6.90. The zero-order valence-electron chi connectivity index (χ0n) is 14.8. The Bertz CT molecular complexity index is 652. The van der Waals surface area contributed by atoms with Crippen LogP contribution in [0.25, 0.3) is 0 Å². The van der Waals surface area contributed by atoms with E-state index >= 15 is 0 Å². The van der Waals surface area contributed by atoms with Gasteiger partial charge in [-0.2, -0.15) is 0 Å². The van der Waals surface area contributed by atoms with Gasteiger partial charge in [-0.05, 0) is 63.8 Å². The van der Waals surface area contributed by atoms with Gasteiger partial charge >= 0.3 is 5.97 Å². The predicted molar refractivity (Wildman–Crippen MR) is 98.3 cm³/mol. The number of nitrogens with one attached hydrogen (secondary N) is 1. The molecule has 0 saturated heterocycles. The first-order valence-corrected chi connectivity index (χ1v) is 8.63. The number of hydrogen-bond donors (Lipinski definition) is 2. The van der Waals surface area contributed by atoms with Crippen molar-refractivity contribution in [2.24, 2.45) is 0 Å². The van der Waals surface area contributed by atoms with Gasteiger partial charge in [0, 0.05) is 12.8 Å². The van der Waals surface area contributed by atoms with Crippen molar-refractivity contribution < 1.29 is 14.6 Å². The maximum absolute atomic E-state index is 11.2. The second-order valence-electron chi connectivity index (χ2n) is 6.84. The number of aromatic carboxylic acids is 1. The highest BCUT2D eigenvalue weighted by atomic mass is 35.5. The van der Waals surface area contributed by atoms with E-state index < -0.39 is 5.97 Å². The molecule has 0 spiro atoms. The number of allylic oxidation sites excluding steroid dienone is 2. The van der Waals surface area contributed by atoms with Crippen LogP contribution in [0.5, 0.6) is 0 Å². The van der Waals surface area contributed by atoms with E-state index in [4.69, 9.17) is 21.4 Å². The van der Waals surface area contributed by atoms with Crippen LogP contribution < -0.4 is 5.32 Å². The number of carbonyl (C=O) groups is 1. The number of alkyl halides is 1. The Labute approximate surface area is 148 Å². The van der Waals surface area contributed by atoms with Crippen LogP contribution in [-0.4, -0.2) is 35.7 Å². The van der Waals surface area contributed by atoms with Crippen molar-refractivity contribution in [2.75, 3.05) is 19.0 Å². The summed E-state index contributed by atoms with van der Waals surface area (Å²) >= 11 is 6.73. The topological polar surface area (TPSA) is 58.6 Å². The molecule has 24 heavy (non-hydrogen) atoms. The van der Waals surface area contributed by atoms with Crippen molar-refractivity contribution in [3.05, 3.63) is 40.5 Å². The number of methoxy groups -OCH3 is 1. The van der Waals surface area contributed by atoms with Gasteiger partial charge in [-0.25, -0.2) is 4.79 Å². The van der Waals surface area contributed by atoms with E-state index in [1.54, 1.807) is 19.2 Å². The van der Waals surface area contributed by atoms with E-state index in [-0.39, 0.29) is 10.9 Å². The lowest BCUT2D eigenvalue weighted by Crippen LogP contribution is -2.54. The predicted octanol–water partition coefficient (Wildman–Crippen LogP) is 4.48. The van der Waals surface area contributed by atoms with Crippen LogP contribution in [-0.2, 0) is 11.2 Å². The third kappa shape index (κ3) is 3.93. The average molecular weight is 352 g/mol.